The summed E-state index contributed by atoms with van der Waals surface area (Å²) in [5, 5.41) is 6.45. The van der Waals surface area contributed by atoms with Crippen LogP contribution < -0.4 is 10.2 Å². The molecule has 0 aliphatic rings. The number of anilines is 2. The summed E-state index contributed by atoms with van der Waals surface area (Å²) >= 11 is 0. The molecule has 6 nitrogen and oxygen atoms in total. The SMILES string of the molecule is Cc1cc(NC(=O)CN(C)Cc2ccc(N(C)C)cc2)no1. The number of benzene rings is 1. The van der Waals surface area contributed by atoms with Crippen molar-refractivity contribution >= 4 is 17.4 Å². The topological polar surface area (TPSA) is 61.6 Å². The van der Waals surface area contributed by atoms with Gasteiger partial charge in [0, 0.05) is 32.4 Å². The maximum Gasteiger partial charge on any atom is 0.239 e. The Labute approximate surface area is 130 Å². The van der Waals surface area contributed by atoms with Gasteiger partial charge in [0.05, 0.1) is 6.54 Å². The number of rotatable bonds is 6. The summed E-state index contributed by atoms with van der Waals surface area (Å²) in [5.41, 5.74) is 2.32. The van der Waals surface area contributed by atoms with Gasteiger partial charge < -0.3 is 14.7 Å². The van der Waals surface area contributed by atoms with Gasteiger partial charge in [-0.3, -0.25) is 9.69 Å². The molecule has 0 unspecified atom stereocenters. The minimum absolute atomic E-state index is 0.110. The fourth-order valence-corrected chi connectivity index (χ4v) is 2.12. The average Bonchev–Trinajstić information content (AvgIpc) is 2.84. The Morgan fingerprint density at radius 3 is 2.45 bits per heavy atom. The summed E-state index contributed by atoms with van der Waals surface area (Å²) in [7, 11) is 5.93. The summed E-state index contributed by atoms with van der Waals surface area (Å²) in [5.74, 6) is 1.01. The van der Waals surface area contributed by atoms with Crippen LogP contribution in [0.1, 0.15) is 11.3 Å². The van der Waals surface area contributed by atoms with Gasteiger partial charge in [-0.1, -0.05) is 17.3 Å². The third-order valence-corrected chi connectivity index (χ3v) is 3.21. The van der Waals surface area contributed by atoms with E-state index < -0.39 is 0 Å². The van der Waals surface area contributed by atoms with Crippen LogP contribution in [0.3, 0.4) is 0 Å². The van der Waals surface area contributed by atoms with E-state index in [0.29, 0.717) is 24.7 Å². The number of aromatic nitrogens is 1. The van der Waals surface area contributed by atoms with Gasteiger partial charge in [-0.05, 0) is 31.7 Å². The van der Waals surface area contributed by atoms with Gasteiger partial charge >= 0.3 is 0 Å². The summed E-state index contributed by atoms with van der Waals surface area (Å²) in [4.78, 5) is 15.9. The number of likely N-dealkylation sites (N-methyl/N-ethyl adjacent to an activating group) is 1. The molecule has 2 rings (SSSR count). The molecule has 0 bridgehead atoms. The molecule has 0 aliphatic heterocycles. The first-order valence-electron chi connectivity index (χ1n) is 7.12. The number of nitrogens with one attached hydrogen (secondary N) is 1. The van der Waals surface area contributed by atoms with E-state index in [0.717, 1.165) is 11.3 Å². The monoisotopic (exact) mass is 302 g/mol. The number of carbonyl (C=O) groups excluding carboxylic acids is 1. The van der Waals surface area contributed by atoms with Crippen molar-refractivity contribution in [2.24, 2.45) is 0 Å². The maximum absolute atomic E-state index is 11.9. The summed E-state index contributed by atoms with van der Waals surface area (Å²) < 4.78 is 4.91. The van der Waals surface area contributed by atoms with Gasteiger partial charge in [-0.2, -0.15) is 0 Å². The van der Waals surface area contributed by atoms with Crippen LogP contribution in [-0.2, 0) is 11.3 Å². The lowest BCUT2D eigenvalue weighted by Crippen LogP contribution is -2.29. The highest BCUT2D eigenvalue weighted by Crippen LogP contribution is 2.13. The van der Waals surface area contributed by atoms with Gasteiger partial charge in [0.2, 0.25) is 5.91 Å². The molecule has 1 aromatic carbocycles. The summed E-state index contributed by atoms with van der Waals surface area (Å²) in [6.45, 7) is 2.78. The molecule has 6 heteroatoms. The smallest absolute Gasteiger partial charge is 0.239 e. The molecule has 0 spiro atoms. The number of hydrogen-bond donors (Lipinski definition) is 1. The van der Waals surface area contributed by atoms with Gasteiger partial charge in [0.1, 0.15) is 5.76 Å². The van der Waals surface area contributed by atoms with Gasteiger partial charge in [-0.25, -0.2) is 0 Å². The fraction of sp³-hybridized carbons (Fsp3) is 0.375. The molecule has 0 aliphatic carbocycles. The van der Waals surface area contributed by atoms with Crippen molar-refractivity contribution in [3.8, 4) is 0 Å². The fourth-order valence-electron chi connectivity index (χ4n) is 2.12. The predicted octanol–water partition coefficient (Wildman–Crippen LogP) is 2.12. The molecule has 22 heavy (non-hydrogen) atoms. The van der Waals surface area contributed by atoms with Crippen LogP contribution in [0.2, 0.25) is 0 Å². The number of amides is 1. The highest BCUT2D eigenvalue weighted by Gasteiger charge is 2.10. The van der Waals surface area contributed by atoms with Crippen molar-refractivity contribution in [3.05, 3.63) is 41.7 Å². The molecule has 0 atom stereocenters. The van der Waals surface area contributed by atoms with E-state index in [1.165, 1.54) is 0 Å². The zero-order chi connectivity index (χ0) is 16.1. The van der Waals surface area contributed by atoms with Gasteiger partial charge in [0.15, 0.2) is 5.82 Å². The Bertz CT molecular complexity index is 619. The van der Waals surface area contributed by atoms with E-state index in [1.807, 2.05) is 26.0 Å². The molecule has 1 heterocycles. The Morgan fingerprint density at radius 2 is 1.91 bits per heavy atom. The molecule has 1 amide bonds. The first-order valence-corrected chi connectivity index (χ1v) is 7.12. The van der Waals surface area contributed by atoms with Crippen molar-refractivity contribution < 1.29 is 9.32 Å². The van der Waals surface area contributed by atoms with E-state index >= 15 is 0 Å². The van der Waals surface area contributed by atoms with Gasteiger partial charge in [0.25, 0.3) is 0 Å². The minimum atomic E-state index is -0.110. The van der Waals surface area contributed by atoms with Crippen molar-refractivity contribution in [1.82, 2.24) is 10.1 Å². The largest absolute Gasteiger partial charge is 0.378 e. The van der Waals surface area contributed by atoms with Crippen LogP contribution in [0.25, 0.3) is 0 Å². The standard InChI is InChI=1S/C16H22N4O2/c1-12-9-15(18-22-12)17-16(21)11-20(4)10-13-5-7-14(8-6-13)19(2)3/h5-9H,10-11H2,1-4H3,(H,17,18,21). The maximum atomic E-state index is 11.9. The Balaban J connectivity index is 1.84. The molecule has 2 aromatic rings. The molecule has 0 radical (unpaired) electrons. The van der Waals surface area contributed by atoms with Crippen LogP contribution >= 0.6 is 0 Å². The lowest BCUT2D eigenvalue weighted by Gasteiger charge is -2.17. The molecule has 118 valence electrons. The summed E-state index contributed by atoms with van der Waals surface area (Å²) in [6, 6.07) is 9.98. The zero-order valence-electron chi connectivity index (χ0n) is 13.5. The summed E-state index contributed by atoms with van der Waals surface area (Å²) in [6.07, 6.45) is 0. The highest BCUT2D eigenvalue weighted by atomic mass is 16.5. The van der Waals surface area contributed by atoms with Crippen molar-refractivity contribution in [1.29, 1.82) is 0 Å². The number of aryl methyl sites for hydroxylation is 1. The molecule has 1 N–H and O–H groups in total. The lowest BCUT2D eigenvalue weighted by atomic mass is 10.2. The second-order valence-corrected chi connectivity index (χ2v) is 5.60. The van der Waals surface area contributed by atoms with Crippen LogP contribution in [-0.4, -0.2) is 43.7 Å². The molecule has 0 saturated carbocycles. The Kier molecular flexibility index (Phi) is 5.16. The number of nitrogens with zero attached hydrogens (tertiary/aromatic N) is 3. The molecular weight excluding hydrogens is 280 g/mol. The molecule has 0 saturated heterocycles. The van der Waals surface area contributed by atoms with E-state index in [4.69, 9.17) is 4.52 Å². The van der Waals surface area contributed by atoms with E-state index in [-0.39, 0.29) is 5.91 Å². The van der Waals surface area contributed by atoms with Crippen LogP contribution in [0, 0.1) is 6.92 Å². The second-order valence-electron chi connectivity index (χ2n) is 5.60. The Morgan fingerprint density at radius 1 is 1.23 bits per heavy atom. The third-order valence-electron chi connectivity index (χ3n) is 3.21. The minimum Gasteiger partial charge on any atom is -0.378 e. The zero-order valence-corrected chi connectivity index (χ0v) is 13.5. The molecule has 1 aromatic heterocycles. The van der Waals surface area contributed by atoms with Crippen molar-refractivity contribution in [3.63, 3.8) is 0 Å². The first kappa shape index (κ1) is 16.0. The second kappa shape index (κ2) is 7.09. The van der Waals surface area contributed by atoms with Crippen LogP contribution in [0.4, 0.5) is 11.5 Å². The quantitative estimate of drug-likeness (QED) is 0.885. The van der Waals surface area contributed by atoms with E-state index in [9.17, 15) is 4.79 Å². The van der Waals surface area contributed by atoms with Crippen molar-refractivity contribution in [2.75, 3.05) is 37.9 Å². The average molecular weight is 302 g/mol. The molecule has 0 fully saturated rings. The number of carbonyl (C=O) groups is 1. The number of hydrogen-bond acceptors (Lipinski definition) is 5. The third kappa shape index (κ3) is 4.60. The first-order chi connectivity index (χ1) is 10.4. The Hall–Kier alpha value is -2.34. The van der Waals surface area contributed by atoms with Gasteiger partial charge in [-0.15, -0.1) is 0 Å². The van der Waals surface area contributed by atoms with Crippen LogP contribution in [0.5, 0.6) is 0 Å². The predicted molar refractivity (Wildman–Crippen MR) is 87.0 cm³/mol. The van der Waals surface area contributed by atoms with E-state index in [1.54, 1.807) is 13.0 Å². The van der Waals surface area contributed by atoms with Crippen molar-refractivity contribution in [2.45, 2.75) is 13.5 Å². The lowest BCUT2D eigenvalue weighted by molar-refractivity contribution is -0.117. The van der Waals surface area contributed by atoms with E-state index in [2.05, 4.69) is 39.6 Å². The van der Waals surface area contributed by atoms with Crippen LogP contribution in [0.15, 0.2) is 34.9 Å². The highest BCUT2D eigenvalue weighted by molar-refractivity contribution is 5.91. The normalized spacial score (nSPS) is 10.8. The molecular formula is C16H22N4O2.